The number of benzene rings is 2. The maximum Gasteiger partial charge on any atom is 0.123 e. The number of thioether (sulfide) groups is 1. The minimum Gasteiger partial charge on any atom is -0.399 e. The monoisotopic (exact) mass is 332 g/mol. The van der Waals surface area contributed by atoms with E-state index in [1.54, 1.807) is 23.1 Å². The molecule has 1 heterocycles. The molecule has 0 amide bonds. The van der Waals surface area contributed by atoms with Gasteiger partial charge in [-0.25, -0.2) is 4.98 Å². The molecule has 0 bridgehead atoms. The van der Waals surface area contributed by atoms with Crippen molar-refractivity contribution in [3.63, 3.8) is 0 Å². The molecule has 0 fully saturated rings. The Kier molecular flexibility index (Phi) is 4.48. The van der Waals surface area contributed by atoms with Gasteiger partial charge in [-0.3, -0.25) is 0 Å². The fraction of sp³-hybridized carbons (Fsp3) is 0.0625. The van der Waals surface area contributed by atoms with Crippen molar-refractivity contribution in [2.45, 2.75) is 10.6 Å². The van der Waals surface area contributed by atoms with Crippen LogP contribution in [0.1, 0.15) is 4.88 Å². The zero-order chi connectivity index (χ0) is 14.7. The SMILES string of the molecule is Nc1ccc(SCc2cnc(-c3ccc(Cl)cc3)s2)cc1. The highest BCUT2D eigenvalue weighted by Gasteiger charge is 2.05. The number of nitrogens with two attached hydrogens (primary N) is 1. The number of nitrogens with zero attached hydrogens (tertiary/aromatic N) is 1. The highest BCUT2D eigenvalue weighted by molar-refractivity contribution is 7.98. The first-order valence-corrected chi connectivity index (χ1v) is 8.58. The van der Waals surface area contributed by atoms with Gasteiger partial charge in [0.2, 0.25) is 0 Å². The normalized spacial score (nSPS) is 10.7. The summed E-state index contributed by atoms with van der Waals surface area (Å²) in [4.78, 5) is 6.95. The minimum atomic E-state index is 0.745. The first kappa shape index (κ1) is 14.4. The number of aromatic nitrogens is 1. The number of thiazole rings is 1. The lowest BCUT2D eigenvalue weighted by Gasteiger charge is -2.00. The summed E-state index contributed by atoms with van der Waals surface area (Å²) in [6.45, 7) is 0. The van der Waals surface area contributed by atoms with E-state index < -0.39 is 0 Å². The molecule has 0 aliphatic carbocycles. The van der Waals surface area contributed by atoms with Gasteiger partial charge in [-0.15, -0.1) is 23.1 Å². The van der Waals surface area contributed by atoms with E-state index in [0.717, 1.165) is 27.0 Å². The van der Waals surface area contributed by atoms with Crippen LogP contribution in [0.5, 0.6) is 0 Å². The predicted octanol–water partition coefficient (Wildman–Crippen LogP) is 5.34. The summed E-state index contributed by atoms with van der Waals surface area (Å²) < 4.78 is 0. The van der Waals surface area contributed by atoms with Crippen molar-refractivity contribution in [2.24, 2.45) is 0 Å². The Morgan fingerprint density at radius 2 is 1.76 bits per heavy atom. The molecule has 0 saturated carbocycles. The summed E-state index contributed by atoms with van der Waals surface area (Å²) >= 11 is 9.41. The van der Waals surface area contributed by atoms with Gasteiger partial charge in [0.15, 0.2) is 0 Å². The molecule has 2 aromatic carbocycles. The second-order valence-corrected chi connectivity index (χ2v) is 7.10. The van der Waals surface area contributed by atoms with Gasteiger partial charge in [0, 0.05) is 38.0 Å². The Hall–Kier alpha value is -1.49. The van der Waals surface area contributed by atoms with Gasteiger partial charge in [-0.2, -0.15) is 0 Å². The quantitative estimate of drug-likeness (QED) is 0.518. The van der Waals surface area contributed by atoms with Crippen LogP contribution in [0.25, 0.3) is 10.6 Å². The van der Waals surface area contributed by atoms with E-state index in [0.29, 0.717) is 0 Å². The average molecular weight is 333 g/mol. The van der Waals surface area contributed by atoms with Gasteiger partial charge >= 0.3 is 0 Å². The van der Waals surface area contributed by atoms with Crippen LogP contribution < -0.4 is 5.73 Å². The smallest absolute Gasteiger partial charge is 0.123 e. The molecule has 0 spiro atoms. The van der Waals surface area contributed by atoms with Gasteiger partial charge in [0.25, 0.3) is 0 Å². The maximum atomic E-state index is 5.90. The van der Waals surface area contributed by atoms with Crippen molar-refractivity contribution in [2.75, 3.05) is 5.73 Å². The zero-order valence-corrected chi connectivity index (χ0v) is 13.5. The average Bonchev–Trinajstić information content (AvgIpc) is 2.96. The van der Waals surface area contributed by atoms with E-state index in [-0.39, 0.29) is 0 Å². The summed E-state index contributed by atoms with van der Waals surface area (Å²) in [5.74, 6) is 0.912. The number of hydrogen-bond donors (Lipinski definition) is 1. The highest BCUT2D eigenvalue weighted by atomic mass is 35.5. The Labute approximate surface area is 137 Å². The number of nitrogen functional groups attached to an aromatic ring is 1. The largest absolute Gasteiger partial charge is 0.399 e. The lowest BCUT2D eigenvalue weighted by Crippen LogP contribution is -1.82. The van der Waals surface area contributed by atoms with Crippen molar-refractivity contribution >= 4 is 40.4 Å². The molecule has 3 aromatic rings. The molecule has 106 valence electrons. The van der Waals surface area contributed by atoms with E-state index in [1.807, 2.05) is 54.7 Å². The van der Waals surface area contributed by atoms with Crippen LogP contribution >= 0.6 is 34.7 Å². The van der Waals surface area contributed by atoms with Crippen molar-refractivity contribution in [1.29, 1.82) is 0 Å². The molecular weight excluding hydrogens is 320 g/mol. The van der Waals surface area contributed by atoms with Gasteiger partial charge in [0.05, 0.1) is 0 Å². The molecule has 0 aliphatic rings. The minimum absolute atomic E-state index is 0.745. The van der Waals surface area contributed by atoms with Crippen molar-refractivity contribution in [3.8, 4) is 10.6 Å². The highest BCUT2D eigenvalue weighted by Crippen LogP contribution is 2.30. The van der Waals surface area contributed by atoms with E-state index in [9.17, 15) is 0 Å². The molecule has 3 rings (SSSR count). The fourth-order valence-corrected chi connectivity index (χ4v) is 3.78. The van der Waals surface area contributed by atoms with Crippen LogP contribution in [0.3, 0.4) is 0 Å². The first-order valence-electron chi connectivity index (χ1n) is 6.40. The second-order valence-electron chi connectivity index (χ2n) is 4.50. The number of halogens is 1. The van der Waals surface area contributed by atoms with Crippen LogP contribution in [0.15, 0.2) is 59.6 Å². The van der Waals surface area contributed by atoms with Crippen LogP contribution in [-0.4, -0.2) is 4.98 Å². The predicted molar refractivity (Wildman–Crippen MR) is 93.0 cm³/mol. The number of rotatable bonds is 4. The molecule has 2 N–H and O–H groups in total. The second kappa shape index (κ2) is 6.52. The molecule has 2 nitrogen and oxygen atoms in total. The fourth-order valence-electron chi connectivity index (χ4n) is 1.82. The molecule has 5 heteroatoms. The molecule has 0 atom stereocenters. The van der Waals surface area contributed by atoms with Crippen molar-refractivity contribution in [3.05, 3.63) is 64.6 Å². The maximum absolute atomic E-state index is 5.90. The Balaban J connectivity index is 1.67. The van der Waals surface area contributed by atoms with Gasteiger partial charge < -0.3 is 5.73 Å². The Morgan fingerprint density at radius 3 is 2.48 bits per heavy atom. The van der Waals surface area contributed by atoms with Gasteiger partial charge in [0.1, 0.15) is 5.01 Å². The lowest BCUT2D eigenvalue weighted by atomic mass is 10.2. The lowest BCUT2D eigenvalue weighted by molar-refractivity contribution is 1.36. The molecular formula is C16H13ClN2S2. The molecule has 0 aliphatic heterocycles. The van der Waals surface area contributed by atoms with E-state index in [2.05, 4.69) is 4.98 Å². The first-order chi connectivity index (χ1) is 10.2. The Bertz CT molecular complexity index is 721. The molecule has 0 radical (unpaired) electrons. The summed E-state index contributed by atoms with van der Waals surface area (Å²) in [6, 6.07) is 15.7. The van der Waals surface area contributed by atoms with E-state index >= 15 is 0 Å². The molecule has 0 saturated heterocycles. The van der Waals surface area contributed by atoms with Gasteiger partial charge in [-0.05, 0) is 36.4 Å². The standard InChI is InChI=1S/C16H13ClN2S2/c17-12-3-1-11(2-4-12)16-19-9-15(21-16)10-20-14-7-5-13(18)6-8-14/h1-9H,10,18H2. The molecule has 21 heavy (non-hydrogen) atoms. The summed E-state index contributed by atoms with van der Waals surface area (Å²) in [5.41, 5.74) is 7.58. The van der Waals surface area contributed by atoms with E-state index in [1.165, 1.54) is 9.77 Å². The molecule has 0 unspecified atom stereocenters. The molecule has 1 aromatic heterocycles. The van der Waals surface area contributed by atoms with Gasteiger partial charge in [-0.1, -0.05) is 23.7 Å². The number of hydrogen-bond acceptors (Lipinski definition) is 4. The van der Waals surface area contributed by atoms with Crippen LogP contribution in [0.2, 0.25) is 5.02 Å². The Morgan fingerprint density at radius 1 is 1.05 bits per heavy atom. The third-order valence-corrected chi connectivity index (χ3v) is 5.45. The topological polar surface area (TPSA) is 38.9 Å². The van der Waals surface area contributed by atoms with Crippen LogP contribution in [-0.2, 0) is 5.75 Å². The van der Waals surface area contributed by atoms with Crippen LogP contribution in [0.4, 0.5) is 5.69 Å². The third kappa shape index (κ3) is 3.79. The summed E-state index contributed by atoms with van der Waals surface area (Å²) in [6.07, 6.45) is 1.94. The number of anilines is 1. The third-order valence-electron chi connectivity index (χ3n) is 2.91. The van der Waals surface area contributed by atoms with Crippen LogP contribution in [0, 0.1) is 0 Å². The summed E-state index contributed by atoms with van der Waals surface area (Å²) in [5, 5.41) is 1.77. The summed E-state index contributed by atoms with van der Waals surface area (Å²) in [7, 11) is 0. The van der Waals surface area contributed by atoms with Crippen molar-refractivity contribution < 1.29 is 0 Å². The van der Waals surface area contributed by atoms with Crippen molar-refractivity contribution in [1.82, 2.24) is 4.98 Å². The zero-order valence-electron chi connectivity index (χ0n) is 11.1. The van der Waals surface area contributed by atoms with E-state index in [4.69, 9.17) is 17.3 Å².